The van der Waals surface area contributed by atoms with Crippen molar-refractivity contribution in [2.24, 2.45) is 5.92 Å². The fourth-order valence-electron chi connectivity index (χ4n) is 0.939. The topological polar surface area (TPSA) is 34.1 Å². The van der Waals surface area contributed by atoms with Gasteiger partial charge in [-0.25, -0.2) is 0 Å². The summed E-state index contributed by atoms with van der Waals surface area (Å²) in [5, 5.41) is 0. The van der Waals surface area contributed by atoms with Gasteiger partial charge in [0.05, 0.1) is 0 Å². The third kappa shape index (κ3) is 3.28. The van der Waals surface area contributed by atoms with Gasteiger partial charge in [-0.15, -0.1) is 0 Å². The van der Waals surface area contributed by atoms with Crippen LogP contribution in [-0.2, 0) is 9.59 Å². The summed E-state index contributed by atoms with van der Waals surface area (Å²) in [6.45, 7) is 8.60. The lowest BCUT2D eigenvalue weighted by Crippen LogP contribution is -2.14. The number of carbonyl (C=O) groups excluding carboxylic acids is 2. The van der Waals surface area contributed by atoms with E-state index >= 15 is 0 Å². The normalized spacial score (nSPS) is 11.8. The molecule has 66 valence electrons. The molecule has 0 fully saturated rings. The molecule has 1 unspecified atom stereocenters. The SMILES string of the molecule is C=CC(=O)CC(CC)C(=O)C=C. The van der Waals surface area contributed by atoms with E-state index in [1.807, 2.05) is 6.92 Å². The third-order valence-electron chi connectivity index (χ3n) is 1.77. The van der Waals surface area contributed by atoms with Crippen LogP contribution in [0.25, 0.3) is 0 Å². The summed E-state index contributed by atoms with van der Waals surface area (Å²) in [5.74, 6) is -0.363. The molecule has 12 heavy (non-hydrogen) atoms. The standard InChI is InChI=1S/C10H14O2/c1-4-8(10(12)6-3)7-9(11)5-2/h5-6,8H,2-4,7H2,1H3. The molecule has 0 aromatic heterocycles. The van der Waals surface area contributed by atoms with E-state index in [-0.39, 0.29) is 23.9 Å². The van der Waals surface area contributed by atoms with Crippen LogP contribution in [0.3, 0.4) is 0 Å². The predicted molar refractivity (Wildman–Crippen MR) is 48.8 cm³/mol. The van der Waals surface area contributed by atoms with Gasteiger partial charge >= 0.3 is 0 Å². The van der Waals surface area contributed by atoms with Crippen LogP contribution in [0.4, 0.5) is 0 Å². The molecule has 0 aliphatic rings. The zero-order valence-electron chi connectivity index (χ0n) is 7.38. The average Bonchev–Trinajstić information content (AvgIpc) is 2.12. The van der Waals surface area contributed by atoms with Crippen LogP contribution in [0.2, 0.25) is 0 Å². The summed E-state index contributed by atoms with van der Waals surface area (Å²) in [6.07, 6.45) is 3.44. The highest BCUT2D eigenvalue weighted by molar-refractivity contribution is 5.97. The molecule has 2 heteroatoms. The molecular formula is C10H14O2. The van der Waals surface area contributed by atoms with Crippen molar-refractivity contribution in [3.8, 4) is 0 Å². The molecule has 0 spiro atoms. The zero-order valence-corrected chi connectivity index (χ0v) is 7.38. The molecule has 0 aliphatic carbocycles. The predicted octanol–water partition coefficient (Wildman–Crippen LogP) is 1.91. The highest BCUT2D eigenvalue weighted by Gasteiger charge is 2.15. The molecule has 0 aromatic carbocycles. The van der Waals surface area contributed by atoms with Crippen molar-refractivity contribution >= 4 is 11.6 Å². The van der Waals surface area contributed by atoms with Crippen LogP contribution < -0.4 is 0 Å². The van der Waals surface area contributed by atoms with Crippen molar-refractivity contribution in [2.45, 2.75) is 19.8 Å². The number of carbonyl (C=O) groups is 2. The molecule has 0 saturated carbocycles. The Morgan fingerprint density at radius 3 is 2.25 bits per heavy atom. The van der Waals surface area contributed by atoms with Gasteiger partial charge in [-0.05, 0) is 18.6 Å². The summed E-state index contributed by atoms with van der Waals surface area (Å²) in [7, 11) is 0. The molecule has 0 aromatic rings. The zero-order chi connectivity index (χ0) is 9.56. The Kier molecular flexibility index (Phi) is 4.93. The van der Waals surface area contributed by atoms with E-state index in [0.717, 1.165) is 0 Å². The monoisotopic (exact) mass is 166 g/mol. The number of rotatable bonds is 6. The molecule has 0 saturated heterocycles. The maximum absolute atomic E-state index is 11.1. The highest BCUT2D eigenvalue weighted by atomic mass is 16.1. The number of ketones is 2. The van der Waals surface area contributed by atoms with Crippen LogP contribution in [0.15, 0.2) is 25.3 Å². The number of allylic oxidation sites excluding steroid dienone is 2. The summed E-state index contributed by atoms with van der Waals surface area (Å²) >= 11 is 0. The van der Waals surface area contributed by atoms with Gasteiger partial charge in [0.15, 0.2) is 11.6 Å². The lowest BCUT2D eigenvalue weighted by molar-refractivity contribution is -0.123. The molecule has 0 aliphatic heterocycles. The van der Waals surface area contributed by atoms with Gasteiger partial charge in [0.2, 0.25) is 0 Å². The quantitative estimate of drug-likeness (QED) is 0.565. The summed E-state index contributed by atoms with van der Waals surface area (Å²) < 4.78 is 0. The summed E-state index contributed by atoms with van der Waals surface area (Å²) in [5.41, 5.74) is 0. The van der Waals surface area contributed by atoms with E-state index in [9.17, 15) is 9.59 Å². The van der Waals surface area contributed by atoms with E-state index in [1.165, 1.54) is 12.2 Å². The Hall–Kier alpha value is -1.18. The molecular weight excluding hydrogens is 152 g/mol. The second-order valence-electron chi connectivity index (χ2n) is 2.59. The molecule has 0 rings (SSSR count). The van der Waals surface area contributed by atoms with Gasteiger partial charge in [-0.1, -0.05) is 20.1 Å². The summed E-state index contributed by atoms with van der Waals surface area (Å²) in [4.78, 5) is 22.0. The van der Waals surface area contributed by atoms with Crippen LogP contribution in [0.5, 0.6) is 0 Å². The van der Waals surface area contributed by atoms with E-state index in [2.05, 4.69) is 13.2 Å². The highest BCUT2D eigenvalue weighted by Crippen LogP contribution is 2.10. The molecule has 2 nitrogen and oxygen atoms in total. The average molecular weight is 166 g/mol. The van der Waals surface area contributed by atoms with Gasteiger partial charge in [0.25, 0.3) is 0 Å². The first-order valence-corrected chi connectivity index (χ1v) is 3.97. The maximum Gasteiger partial charge on any atom is 0.158 e. The largest absolute Gasteiger partial charge is 0.295 e. The van der Waals surface area contributed by atoms with Crippen molar-refractivity contribution in [1.82, 2.24) is 0 Å². The fraction of sp³-hybridized carbons (Fsp3) is 0.400. The number of hydrogen-bond donors (Lipinski definition) is 0. The smallest absolute Gasteiger partial charge is 0.158 e. The lowest BCUT2D eigenvalue weighted by atomic mass is 9.95. The van der Waals surface area contributed by atoms with E-state index in [1.54, 1.807) is 0 Å². The molecule has 1 atom stereocenters. The lowest BCUT2D eigenvalue weighted by Gasteiger charge is -2.07. The Labute approximate surface area is 73.0 Å². The van der Waals surface area contributed by atoms with Gasteiger partial charge in [0, 0.05) is 12.3 Å². The first-order valence-electron chi connectivity index (χ1n) is 3.97. The minimum Gasteiger partial charge on any atom is -0.295 e. The van der Waals surface area contributed by atoms with Crippen LogP contribution in [-0.4, -0.2) is 11.6 Å². The van der Waals surface area contributed by atoms with Crippen LogP contribution >= 0.6 is 0 Å². The minimum atomic E-state index is -0.215. The first kappa shape index (κ1) is 10.8. The van der Waals surface area contributed by atoms with Crippen LogP contribution in [0, 0.1) is 5.92 Å². The molecule has 0 heterocycles. The Bertz CT molecular complexity index is 204. The summed E-state index contributed by atoms with van der Waals surface area (Å²) in [6, 6.07) is 0. The Morgan fingerprint density at radius 1 is 1.33 bits per heavy atom. The molecule has 0 amide bonds. The Balaban J connectivity index is 4.16. The van der Waals surface area contributed by atoms with Gasteiger partial charge < -0.3 is 0 Å². The van der Waals surface area contributed by atoms with E-state index in [0.29, 0.717) is 6.42 Å². The maximum atomic E-state index is 11.1. The van der Waals surface area contributed by atoms with Crippen molar-refractivity contribution in [1.29, 1.82) is 0 Å². The van der Waals surface area contributed by atoms with Crippen molar-refractivity contribution < 1.29 is 9.59 Å². The van der Waals surface area contributed by atoms with Gasteiger partial charge in [0.1, 0.15) is 0 Å². The molecule has 0 N–H and O–H groups in total. The van der Waals surface area contributed by atoms with E-state index in [4.69, 9.17) is 0 Å². The van der Waals surface area contributed by atoms with Gasteiger partial charge in [-0.3, -0.25) is 9.59 Å². The third-order valence-corrected chi connectivity index (χ3v) is 1.77. The van der Waals surface area contributed by atoms with E-state index < -0.39 is 0 Å². The second kappa shape index (κ2) is 5.47. The molecule has 0 radical (unpaired) electrons. The van der Waals surface area contributed by atoms with Crippen molar-refractivity contribution in [2.75, 3.05) is 0 Å². The number of hydrogen-bond acceptors (Lipinski definition) is 2. The first-order chi connectivity index (χ1) is 5.65. The van der Waals surface area contributed by atoms with Gasteiger partial charge in [-0.2, -0.15) is 0 Å². The fourth-order valence-corrected chi connectivity index (χ4v) is 0.939. The second-order valence-corrected chi connectivity index (χ2v) is 2.59. The Morgan fingerprint density at radius 2 is 1.92 bits per heavy atom. The van der Waals surface area contributed by atoms with Crippen molar-refractivity contribution in [3.63, 3.8) is 0 Å². The molecule has 0 bridgehead atoms. The minimum absolute atomic E-state index is 0.0623. The van der Waals surface area contributed by atoms with Crippen molar-refractivity contribution in [3.05, 3.63) is 25.3 Å². The van der Waals surface area contributed by atoms with Crippen LogP contribution in [0.1, 0.15) is 19.8 Å².